The minimum atomic E-state index is -0.655. The molecule has 130 valence electrons. The number of unbranched alkanes of at least 4 members (excludes halogenated alkanes) is 14. The van der Waals surface area contributed by atoms with Crippen molar-refractivity contribution in [3.8, 4) is 0 Å². The van der Waals surface area contributed by atoms with Crippen LogP contribution in [-0.2, 0) is 4.79 Å². The molecule has 0 atom stereocenters. The predicted octanol–water partition coefficient (Wildman–Crippen LogP) is 6.55. The number of carbonyl (C=O) groups is 1. The van der Waals surface area contributed by atoms with Crippen LogP contribution in [0.4, 0.5) is 0 Å². The van der Waals surface area contributed by atoms with Gasteiger partial charge in [0.05, 0.1) is 0 Å². The monoisotopic (exact) mass is 404 g/mol. The average Bonchev–Trinajstić information content (AvgIpc) is 2.46. The molecule has 0 spiro atoms. The van der Waals surface area contributed by atoms with Crippen LogP contribution >= 0.6 is 15.9 Å². The molecule has 0 aliphatic rings. The molecule has 0 aliphatic carbocycles. The smallest absolute Gasteiger partial charge is 1.00 e. The number of hydrogen-bond acceptors (Lipinski definition) is 1. The van der Waals surface area contributed by atoms with E-state index in [-0.39, 0.29) is 40.6 Å². The molecular weight excluding hydrogens is 368 g/mol. The SMILES string of the molecule is O=C(O)CCCCCCCCCCCCCCCCCBr.[Ca+2].[H-].[H-]. The van der Waals surface area contributed by atoms with Gasteiger partial charge in [0.2, 0.25) is 0 Å². The Morgan fingerprint density at radius 1 is 0.636 bits per heavy atom. The van der Waals surface area contributed by atoms with Gasteiger partial charge in [-0.2, -0.15) is 0 Å². The van der Waals surface area contributed by atoms with E-state index in [0.717, 1.165) is 18.2 Å². The fraction of sp³-hybridized carbons (Fsp3) is 0.944. The van der Waals surface area contributed by atoms with Gasteiger partial charge in [0.15, 0.2) is 0 Å². The quantitative estimate of drug-likeness (QED) is 0.169. The van der Waals surface area contributed by atoms with Crippen LogP contribution in [-0.4, -0.2) is 54.1 Å². The van der Waals surface area contributed by atoms with E-state index < -0.39 is 5.97 Å². The first-order valence-corrected chi connectivity index (χ1v) is 10.2. The number of carboxylic acids is 1. The van der Waals surface area contributed by atoms with Crippen molar-refractivity contribution in [1.29, 1.82) is 0 Å². The standard InChI is InChI=1S/C18H35BrO2.Ca.2H/c19-17-15-13-11-9-7-5-3-1-2-4-6-8-10-12-14-16-18(20)21;;;/h1-17H2,(H,20,21);;;/q;+2;2*-1. The second kappa shape index (κ2) is 22.2. The van der Waals surface area contributed by atoms with E-state index in [1.165, 1.54) is 83.5 Å². The van der Waals surface area contributed by atoms with E-state index >= 15 is 0 Å². The Balaban J connectivity index is -0.000000667. The molecule has 4 heteroatoms. The summed E-state index contributed by atoms with van der Waals surface area (Å²) in [5, 5.41) is 9.69. The average molecular weight is 405 g/mol. The van der Waals surface area contributed by atoms with Crippen molar-refractivity contribution >= 4 is 59.6 Å². The molecule has 0 saturated heterocycles. The van der Waals surface area contributed by atoms with Gasteiger partial charge in [0.25, 0.3) is 0 Å². The van der Waals surface area contributed by atoms with Crippen molar-refractivity contribution in [2.45, 2.75) is 103 Å². The van der Waals surface area contributed by atoms with Gasteiger partial charge in [-0.3, -0.25) is 4.79 Å². The summed E-state index contributed by atoms with van der Waals surface area (Å²) in [5.74, 6) is -0.655. The number of hydrogen-bond donors (Lipinski definition) is 1. The zero-order chi connectivity index (χ0) is 15.6. The normalized spacial score (nSPS) is 10.4. The van der Waals surface area contributed by atoms with Crippen LogP contribution in [0.15, 0.2) is 0 Å². The number of alkyl halides is 1. The molecule has 0 amide bonds. The molecule has 0 unspecified atom stereocenters. The summed E-state index contributed by atoms with van der Waals surface area (Å²) in [4.78, 5) is 10.3. The van der Waals surface area contributed by atoms with Gasteiger partial charge in [-0.25, -0.2) is 0 Å². The van der Waals surface area contributed by atoms with Crippen LogP contribution in [0.2, 0.25) is 0 Å². The first-order chi connectivity index (χ1) is 10.3. The first kappa shape index (κ1) is 25.4. The Kier molecular flexibility index (Phi) is 25.7. The van der Waals surface area contributed by atoms with Crippen molar-refractivity contribution in [2.75, 3.05) is 5.33 Å². The second-order valence-electron chi connectivity index (χ2n) is 6.14. The summed E-state index contributed by atoms with van der Waals surface area (Å²) >= 11 is 3.47. The summed E-state index contributed by atoms with van der Waals surface area (Å²) in [5.41, 5.74) is 0. The first-order valence-electron chi connectivity index (χ1n) is 9.05. The third kappa shape index (κ3) is 23.5. The molecule has 0 fully saturated rings. The van der Waals surface area contributed by atoms with E-state index in [0.29, 0.717) is 6.42 Å². The van der Waals surface area contributed by atoms with Crippen LogP contribution in [0.3, 0.4) is 0 Å². The Labute approximate surface area is 179 Å². The molecule has 0 heterocycles. The van der Waals surface area contributed by atoms with E-state index in [1.807, 2.05) is 0 Å². The largest absolute Gasteiger partial charge is 2.00 e. The van der Waals surface area contributed by atoms with Gasteiger partial charge in [0.1, 0.15) is 0 Å². The summed E-state index contributed by atoms with van der Waals surface area (Å²) in [6, 6.07) is 0. The zero-order valence-corrected chi connectivity index (χ0v) is 18.3. The molecule has 0 aromatic carbocycles. The topological polar surface area (TPSA) is 37.3 Å². The minimum absolute atomic E-state index is 0. The molecule has 1 N–H and O–H groups in total. The van der Waals surface area contributed by atoms with Crippen molar-refractivity contribution in [1.82, 2.24) is 0 Å². The van der Waals surface area contributed by atoms with Crippen molar-refractivity contribution < 1.29 is 12.8 Å². The minimum Gasteiger partial charge on any atom is -1.00 e. The second-order valence-corrected chi connectivity index (χ2v) is 6.93. The maximum atomic E-state index is 10.3. The summed E-state index contributed by atoms with van der Waals surface area (Å²) in [6.07, 6.45) is 20.1. The number of carboxylic acid groups (broad SMARTS) is 1. The van der Waals surface area contributed by atoms with Crippen LogP contribution in [0.1, 0.15) is 106 Å². The van der Waals surface area contributed by atoms with Gasteiger partial charge in [-0.05, 0) is 12.8 Å². The molecular formula is C18H37BrCaO2. The van der Waals surface area contributed by atoms with Gasteiger partial charge in [-0.15, -0.1) is 0 Å². The molecule has 0 radical (unpaired) electrons. The van der Waals surface area contributed by atoms with Crippen LogP contribution < -0.4 is 0 Å². The predicted molar refractivity (Wildman–Crippen MR) is 103 cm³/mol. The Bertz CT molecular complexity index is 235. The summed E-state index contributed by atoms with van der Waals surface area (Å²) in [7, 11) is 0. The number of rotatable bonds is 17. The Hall–Kier alpha value is 1.21. The molecule has 2 nitrogen and oxygen atoms in total. The molecule has 0 aliphatic heterocycles. The summed E-state index contributed by atoms with van der Waals surface area (Å²) in [6.45, 7) is 0. The summed E-state index contributed by atoms with van der Waals surface area (Å²) < 4.78 is 0. The van der Waals surface area contributed by atoms with Crippen LogP contribution in [0.5, 0.6) is 0 Å². The van der Waals surface area contributed by atoms with Crippen molar-refractivity contribution in [3.05, 3.63) is 0 Å². The maximum Gasteiger partial charge on any atom is 2.00 e. The molecule has 0 saturated carbocycles. The van der Waals surface area contributed by atoms with Gasteiger partial charge < -0.3 is 7.96 Å². The van der Waals surface area contributed by atoms with Gasteiger partial charge in [0, 0.05) is 11.8 Å². The van der Waals surface area contributed by atoms with Crippen molar-refractivity contribution in [2.24, 2.45) is 0 Å². The molecule has 0 bridgehead atoms. The van der Waals surface area contributed by atoms with Gasteiger partial charge >= 0.3 is 43.7 Å². The van der Waals surface area contributed by atoms with E-state index in [1.54, 1.807) is 0 Å². The fourth-order valence-corrected chi connectivity index (χ4v) is 3.07. The van der Waals surface area contributed by atoms with E-state index in [4.69, 9.17) is 5.11 Å². The third-order valence-corrected chi connectivity index (χ3v) is 4.59. The maximum absolute atomic E-state index is 10.3. The Morgan fingerprint density at radius 2 is 0.909 bits per heavy atom. The number of aliphatic carboxylic acids is 1. The number of halogens is 1. The van der Waals surface area contributed by atoms with Crippen molar-refractivity contribution in [3.63, 3.8) is 0 Å². The van der Waals surface area contributed by atoms with Crippen LogP contribution in [0, 0.1) is 0 Å². The zero-order valence-electron chi connectivity index (χ0n) is 16.5. The van der Waals surface area contributed by atoms with Crippen LogP contribution in [0.25, 0.3) is 0 Å². The molecule has 0 rings (SSSR count). The molecule has 0 aromatic heterocycles. The van der Waals surface area contributed by atoms with E-state index in [9.17, 15) is 4.79 Å². The van der Waals surface area contributed by atoms with Gasteiger partial charge in [-0.1, -0.05) is 99.4 Å². The fourth-order valence-electron chi connectivity index (χ4n) is 2.67. The molecule has 0 aromatic rings. The third-order valence-electron chi connectivity index (χ3n) is 4.02. The Morgan fingerprint density at radius 3 is 1.18 bits per heavy atom. The van der Waals surface area contributed by atoms with E-state index in [2.05, 4.69) is 15.9 Å². The molecule has 22 heavy (non-hydrogen) atoms.